The van der Waals surface area contributed by atoms with Crippen molar-refractivity contribution in [1.82, 2.24) is 9.88 Å². The minimum absolute atomic E-state index is 0.0458. The molecule has 1 amide bonds. The monoisotopic (exact) mass is 255 g/mol. The van der Waals surface area contributed by atoms with E-state index in [0.717, 1.165) is 19.4 Å². The molecule has 0 aromatic carbocycles. The van der Waals surface area contributed by atoms with Crippen molar-refractivity contribution in [3.05, 3.63) is 22.8 Å². The summed E-state index contributed by atoms with van der Waals surface area (Å²) in [5, 5.41) is 3.32. The van der Waals surface area contributed by atoms with Crippen LogP contribution in [0.25, 0.3) is 0 Å². The average Bonchev–Trinajstić information content (AvgIpc) is 2.34. The summed E-state index contributed by atoms with van der Waals surface area (Å²) in [5.74, 6) is 0.537. The number of carbonyl (C=O) groups excluding carboxylic acids is 1. The molecular formula is C12H18ClN3O. The van der Waals surface area contributed by atoms with Crippen LogP contribution in [0.1, 0.15) is 30.1 Å². The number of nitrogens with one attached hydrogen (secondary N) is 1. The number of aromatic nitrogens is 1. The van der Waals surface area contributed by atoms with Crippen LogP contribution in [0.2, 0.25) is 5.02 Å². The third kappa shape index (κ3) is 3.60. The van der Waals surface area contributed by atoms with Crippen LogP contribution in [-0.4, -0.2) is 36.4 Å². The van der Waals surface area contributed by atoms with Gasteiger partial charge in [0.2, 0.25) is 0 Å². The van der Waals surface area contributed by atoms with Crippen LogP contribution in [0.5, 0.6) is 0 Å². The molecule has 0 radical (unpaired) electrons. The Labute approximate surface area is 107 Å². The van der Waals surface area contributed by atoms with Crippen LogP contribution in [-0.2, 0) is 0 Å². The molecule has 0 spiro atoms. The van der Waals surface area contributed by atoms with Crippen molar-refractivity contribution >= 4 is 23.3 Å². The fourth-order valence-corrected chi connectivity index (χ4v) is 1.72. The van der Waals surface area contributed by atoms with E-state index in [1.807, 2.05) is 0 Å². The Balaban J connectivity index is 2.78. The Morgan fingerprint density at radius 1 is 1.59 bits per heavy atom. The topological polar surface area (TPSA) is 45.2 Å². The van der Waals surface area contributed by atoms with E-state index in [4.69, 9.17) is 11.6 Å². The molecule has 0 fully saturated rings. The van der Waals surface area contributed by atoms with Crippen molar-refractivity contribution < 1.29 is 4.79 Å². The van der Waals surface area contributed by atoms with Gasteiger partial charge >= 0.3 is 0 Å². The number of unbranched alkanes of at least 4 members (excludes halogenated alkanes) is 1. The fourth-order valence-electron chi connectivity index (χ4n) is 1.46. The second-order valence-corrected chi connectivity index (χ2v) is 4.29. The molecule has 0 aliphatic heterocycles. The zero-order valence-corrected chi connectivity index (χ0v) is 11.2. The average molecular weight is 256 g/mol. The highest BCUT2D eigenvalue weighted by atomic mass is 35.5. The summed E-state index contributed by atoms with van der Waals surface area (Å²) < 4.78 is 0. The highest BCUT2D eigenvalue weighted by Crippen LogP contribution is 2.20. The molecule has 0 saturated carbocycles. The number of nitrogens with zero attached hydrogens (tertiary/aromatic N) is 2. The van der Waals surface area contributed by atoms with Crippen molar-refractivity contribution in [2.45, 2.75) is 19.8 Å². The molecule has 1 heterocycles. The minimum Gasteiger partial charge on any atom is -0.372 e. The van der Waals surface area contributed by atoms with Gasteiger partial charge in [-0.15, -0.1) is 0 Å². The van der Waals surface area contributed by atoms with Gasteiger partial charge in [-0.3, -0.25) is 4.79 Å². The summed E-state index contributed by atoms with van der Waals surface area (Å²) in [6, 6.07) is 1.64. The van der Waals surface area contributed by atoms with Crippen LogP contribution in [0, 0.1) is 0 Å². The molecule has 1 N–H and O–H groups in total. The predicted octanol–water partition coefficient (Wildman–Crippen LogP) is 2.65. The Bertz CT molecular complexity index is 395. The molecule has 17 heavy (non-hydrogen) atoms. The SMILES string of the molecule is CCCCN(C)C(=O)c1cnc(NC)c(Cl)c1. The molecular weight excluding hydrogens is 238 g/mol. The first kappa shape index (κ1) is 13.8. The van der Waals surface area contributed by atoms with E-state index >= 15 is 0 Å². The van der Waals surface area contributed by atoms with Gasteiger partial charge in [0.25, 0.3) is 5.91 Å². The normalized spacial score (nSPS) is 10.1. The molecule has 0 atom stereocenters. The summed E-state index contributed by atoms with van der Waals surface area (Å²) in [6.45, 7) is 2.85. The number of hydrogen-bond acceptors (Lipinski definition) is 3. The first-order valence-electron chi connectivity index (χ1n) is 5.69. The lowest BCUT2D eigenvalue weighted by molar-refractivity contribution is 0.0793. The molecule has 0 aliphatic carbocycles. The Morgan fingerprint density at radius 3 is 2.82 bits per heavy atom. The van der Waals surface area contributed by atoms with E-state index < -0.39 is 0 Å². The highest BCUT2D eigenvalue weighted by molar-refractivity contribution is 6.33. The molecule has 94 valence electrons. The number of anilines is 1. The number of amides is 1. The Hall–Kier alpha value is -1.29. The first-order valence-corrected chi connectivity index (χ1v) is 6.06. The molecule has 0 aliphatic rings. The maximum Gasteiger partial charge on any atom is 0.255 e. The second kappa shape index (κ2) is 6.45. The van der Waals surface area contributed by atoms with Crippen LogP contribution in [0.4, 0.5) is 5.82 Å². The molecule has 1 aromatic rings. The first-order chi connectivity index (χ1) is 8.10. The van der Waals surface area contributed by atoms with Gasteiger partial charge in [0.05, 0.1) is 10.6 Å². The number of rotatable bonds is 5. The largest absolute Gasteiger partial charge is 0.372 e. The fraction of sp³-hybridized carbons (Fsp3) is 0.500. The van der Waals surface area contributed by atoms with Gasteiger partial charge in [0.1, 0.15) is 5.82 Å². The number of pyridine rings is 1. The molecule has 1 rings (SSSR count). The third-order valence-electron chi connectivity index (χ3n) is 2.52. The molecule has 4 nitrogen and oxygen atoms in total. The van der Waals surface area contributed by atoms with E-state index in [1.54, 1.807) is 31.3 Å². The Morgan fingerprint density at radius 2 is 2.29 bits per heavy atom. The Kier molecular flexibility index (Phi) is 5.22. The lowest BCUT2D eigenvalue weighted by atomic mass is 10.2. The zero-order chi connectivity index (χ0) is 12.8. The minimum atomic E-state index is -0.0458. The smallest absolute Gasteiger partial charge is 0.255 e. The number of halogens is 1. The van der Waals surface area contributed by atoms with Gasteiger partial charge in [-0.05, 0) is 12.5 Å². The van der Waals surface area contributed by atoms with E-state index in [1.165, 1.54) is 0 Å². The summed E-state index contributed by atoms with van der Waals surface area (Å²) >= 11 is 5.99. The van der Waals surface area contributed by atoms with Crippen molar-refractivity contribution in [3.8, 4) is 0 Å². The van der Waals surface area contributed by atoms with Crippen LogP contribution in [0.3, 0.4) is 0 Å². The van der Waals surface area contributed by atoms with E-state index in [2.05, 4.69) is 17.2 Å². The maximum atomic E-state index is 12.0. The summed E-state index contributed by atoms with van der Waals surface area (Å²) in [7, 11) is 3.53. The van der Waals surface area contributed by atoms with Crippen molar-refractivity contribution in [1.29, 1.82) is 0 Å². The zero-order valence-electron chi connectivity index (χ0n) is 10.5. The van der Waals surface area contributed by atoms with Crippen LogP contribution in [0.15, 0.2) is 12.3 Å². The lowest BCUT2D eigenvalue weighted by Crippen LogP contribution is -2.27. The summed E-state index contributed by atoms with van der Waals surface area (Å²) in [4.78, 5) is 17.8. The van der Waals surface area contributed by atoms with E-state index in [9.17, 15) is 4.79 Å². The van der Waals surface area contributed by atoms with Crippen molar-refractivity contribution in [2.24, 2.45) is 0 Å². The quantitative estimate of drug-likeness (QED) is 0.880. The van der Waals surface area contributed by atoms with Gasteiger partial charge in [-0.25, -0.2) is 4.98 Å². The highest BCUT2D eigenvalue weighted by Gasteiger charge is 2.13. The molecule has 0 bridgehead atoms. The van der Waals surface area contributed by atoms with E-state index in [-0.39, 0.29) is 5.91 Å². The predicted molar refractivity (Wildman–Crippen MR) is 70.7 cm³/mol. The van der Waals surface area contributed by atoms with Gasteiger partial charge in [-0.2, -0.15) is 0 Å². The van der Waals surface area contributed by atoms with Crippen LogP contribution >= 0.6 is 11.6 Å². The van der Waals surface area contributed by atoms with Gasteiger partial charge in [0.15, 0.2) is 0 Å². The lowest BCUT2D eigenvalue weighted by Gasteiger charge is -2.16. The molecule has 0 saturated heterocycles. The molecule has 5 heteroatoms. The summed E-state index contributed by atoms with van der Waals surface area (Å²) in [6.07, 6.45) is 3.61. The summed E-state index contributed by atoms with van der Waals surface area (Å²) in [5.41, 5.74) is 0.521. The van der Waals surface area contributed by atoms with Crippen LogP contribution < -0.4 is 5.32 Å². The standard InChI is InChI=1S/C12H18ClN3O/c1-4-5-6-16(3)12(17)9-7-10(13)11(14-2)15-8-9/h7-8H,4-6H2,1-3H3,(H,14,15). The number of carbonyl (C=O) groups is 1. The molecule has 0 unspecified atom stereocenters. The molecule has 1 aromatic heterocycles. The maximum absolute atomic E-state index is 12.0. The third-order valence-corrected chi connectivity index (χ3v) is 2.81. The van der Waals surface area contributed by atoms with E-state index in [0.29, 0.717) is 16.4 Å². The van der Waals surface area contributed by atoms with Gasteiger partial charge < -0.3 is 10.2 Å². The van der Waals surface area contributed by atoms with Gasteiger partial charge in [-0.1, -0.05) is 24.9 Å². The van der Waals surface area contributed by atoms with Crippen molar-refractivity contribution in [2.75, 3.05) is 26.0 Å². The van der Waals surface area contributed by atoms with Gasteiger partial charge in [0, 0.05) is 26.8 Å². The number of hydrogen-bond donors (Lipinski definition) is 1. The second-order valence-electron chi connectivity index (χ2n) is 3.88. The van der Waals surface area contributed by atoms with Crippen molar-refractivity contribution in [3.63, 3.8) is 0 Å².